The van der Waals surface area contributed by atoms with Crippen LogP contribution < -0.4 is 5.32 Å². The highest BCUT2D eigenvalue weighted by Gasteiger charge is 2.35. The Kier molecular flexibility index (Phi) is 3.78. The molecule has 6 nitrogen and oxygen atoms in total. The third-order valence-electron chi connectivity index (χ3n) is 4.41. The van der Waals surface area contributed by atoms with Crippen LogP contribution in [0.1, 0.15) is 27.2 Å². The van der Waals surface area contributed by atoms with Crippen molar-refractivity contribution in [3.05, 3.63) is 60.3 Å². The SMILES string of the molecule is O=C(Nc1n[nH]c(-c2ccccn2)n1)C1CC(c2ccccc2)C1.[HH].[HH]. The van der Waals surface area contributed by atoms with E-state index < -0.39 is 0 Å². The smallest absolute Gasteiger partial charge is 0.249 e. The molecule has 0 radical (unpaired) electrons. The Bertz CT molecular complexity index is 835. The third-order valence-corrected chi connectivity index (χ3v) is 4.41. The molecule has 1 amide bonds. The number of hydrogen-bond donors (Lipinski definition) is 2. The van der Waals surface area contributed by atoms with Crippen LogP contribution in [-0.4, -0.2) is 26.1 Å². The number of carbonyl (C=O) groups excluding carboxylic acids is 1. The van der Waals surface area contributed by atoms with Crippen molar-refractivity contribution in [2.45, 2.75) is 18.8 Å². The third kappa shape index (κ3) is 2.90. The van der Waals surface area contributed by atoms with Gasteiger partial charge in [0.2, 0.25) is 11.9 Å². The van der Waals surface area contributed by atoms with E-state index in [0.717, 1.165) is 12.8 Å². The Labute approximate surface area is 142 Å². The number of pyridine rings is 1. The molecule has 2 N–H and O–H groups in total. The van der Waals surface area contributed by atoms with E-state index in [1.54, 1.807) is 6.20 Å². The summed E-state index contributed by atoms with van der Waals surface area (Å²) in [6.45, 7) is 0. The van der Waals surface area contributed by atoms with Gasteiger partial charge in [-0.25, -0.2) is 0 Å². The molecule has 6 heteroatoms. The number of nitrogens with zero attached hydrogens (tertiary/aromatic N) is 3. The molecule has 0 unspecified atom stereocenters. The van der Waals surface area contributed by atoms with Crippen molar-refractivity contribution in [2.75, 3.05) is 5.32 Å². The van der Waals surface area contributed by atoms with Gasteiger partial charge in [-0.1, -0.05) is 36.4 Å². The molecule has 0 aliphatic heterocycles. The predicted octanol–water partition coefficient (Wildman–Crippen LogP) is 3.49. The van der Waals surface area contributed by atoms with Crippen molar-refractivity contribution in [3.63, 3.8) is 0 Å². The van der Waals surface area contributed by atoms with Crippen molar-refractivity contribution >= 4 is 11.9 Å². The Balaban J connectivity index is 0.00000121. The molecule has 1 aromatic carbocycles. The number of rotatable bonds is 4. The van der Waals surface area contributed by atoms with Crippen LogP contribution >= 0.6 is 0 Å². The van der Waals surface area contributed by atoms with Crippen molar-refractivity contribution < 1.29 is 7.65 Å². The fraction of sp³-hybridized carbons (Fsp3) is 0.222. The first-order valence-electron chi connectivity index (χ1n) is 7.99. The van der Waals surface area contributed by atoms with Crippen LogP contribution in [0.2, 0.25) is 0 Å². The van der Waals surface area contributed by atoms with Gasteiger partial charge in [-0.2, -0.15) is 4.98 Å². The highest BCUT2D eigenvalue weighted by Crippen LogP contribution is 2.41. The summed E-state index contributed by atoms with van der Waals surface area (Å²) < 4.78 is 0. The second kappa shape index (κ2) is 6.23. The van der Waals surface area contributed by atoms with E-state index in [4.69, 9.17) is 0 Å². The van der Waals surface area contributed by atoms with Gasteiger partial charge in [-0.15, -0.1) is 5.10 Å². The fourth-order valence-corrected chi connectivity index (χ4v) is 2.98. The van der Waals surface area contributed by atoms with E-state index in [-0.39, 0.29) is 14.7 Å². The second-order valence-corrected chi connectivity index (χ2v) is 5.99. The van der Waals surface area contributed by atoms with Gasteiger partial charge in [-0.3, -0.25) is 20.2 Å². The number of aromatic nitrogens is 4. The van der Waals surface area contributed by atoms with Gasteiger partial charge >= 0.3 is 0 Å². The summed E-state index contributed by atoms with van der Waals surface area (Å²) in [5.74, 6) is 1.31. The topological polar surface area (TPSA) is 83.6 Å². The van der Waals surface area contributed by atoms with E-state index in [9.17, 15) is 4.79 Å². The number of carbonyl (C=O) groups is 1. The Hall–Kier alpha value is -3.02. The second-order valence-electron chi connectivity index (χ2n) is 5.99. The molecule has 1 aliphatic rings. The number of anilines is 1. The molecule has 1 fully saturated rings. The van der Waals surface area contributed by atoms with Crippen LogP contribution in [0.3, 0.4) is 0 Å². The minimum Gasteiger partial charge on any atom is -0.293 e. The van der Waals surface area contributed by atoms with Gasteiger partial charge in [0.05, 0.1) is 0 Å². The molecule has 1 aliphatic carbocycles. The highest BCUT2D eigenvalue weighted by atomic mass is 16.2. The van der Waals surface area contributed by atoms with E-state index in [0.29, 0.717) is 23.4 Å². The van der Waals surface area contributed by atoms with Gasteiger partial charge < -0.3 is 0 Å². The van der Waals surface area contributed by atoms with Crippen LogP contribution in [0, 0.1) is 5.92 Å². The lowest BCUT2D eigenvalue weighted by Gasteiger charge is -2.34. The molecule has 0 saturated heterocycles. The Morgan fingerprint density at radius 1 is 1.12 bits per heavy atom. The zero-order valence-electron chi connectivity index (χ0n) is 13.0. The summed E-state index contributed by atoms with van der Waals surface area (Å²) in [6.07, 6.45) is 3.43. The van der Waals surface area contributed by atoms with Crippen molar-refractivity contribution in [2.24, 2.45) is 5.92 Å². The molecule has 0 atom stereocenters. The van der Waals surface area contributed by atoms with Crippen LogP contribution in [0.25, 0.3) is 11.5 Å². The molecule has 3 aromatic rings. The summed E-state index contributed by atoms with van der Waals surface area (Å²) in [5.41, 5.74) is 2.00. The maximum Gasteiger partial charge on any atom is 0.249 e. The van der Waals surface area contributed by atoms with Gasteiger partial charge in [0, 0.05) is 15.0 Å². The summed E-state index contributed by atoms with van der Waals surface area (Å²) in [4.78, 5) is 20.8. The van der Waals surface area contributed by atoms with Gasteiger partial charge in [0.1, 0.15) is 5.69 Å². The zero-order valence-corrected chi connectivity index (χ0v) is 13.0. The normalized spacial score (nSPS) is 19.5. The summed E-state index contributed by atoms with van der Waals surface area (Å²) in [6, 6.07) is 15.9. The minimum atomic E-state index is -0.0197. The quantitative estimate of drug-likeness (QED) is 0.770. The largest absolute Gasteiger partial charge is 0.293 e. The molecule has 0 bridgehead atoms. The van der Waals surface area contributed by atoms with E-state index in [1.165, 1.54) is 5.56 Å². The lowest BCUT2D eigenvalue weighted by molar-refractivity contribution is -0.122. The maximum atomic E-state index is 12.3. The molecular formula is C18H21N5O. The summed E-state index contributed by atoms with van der Waals surface area (Å²) >= 11 is 0. The standard InChI is InChI=1S/C18H17N5O.2H2/c24-17(14-10-13(11-14)12-6-2-1-3-7-12)21-18-20-16(22-23-18)15-8-4-5-9-19-15;;/h1-9,13-14H,10-11H2,(H2,20,21,22,23,24);2*1H. The highest BCUT2D eigenvalue weighted by molar-refractivity contribution is 5.91. The van der Waals surface area contributed by atoms with Gasteiger partial charge in [0.25, 0.3) is 0 Å². The minimum absolute atomic E-state index is 0. The van der Waals surface area contributed by atoms with Crippen LogP contribution in [0.15, 0.2) is 54.7 Å². The van der Waals surface area contributed by atoms with E-state index in [2.05, 4.69) is 37.6 Å². The zero-order chi connectivity index (χ0) is 16.4. The van der Waals surface area contributed by atoms with Crippen LogP contribution in [-0.2, 0) is 4.79 Å². The summed E-state index contributed by atoms with van der Waals surface area (Å²) in [5, 5.41) is 9.63. The average molecular weight is 323 g/mol. The Morgan fingerprint density at radius 2 is 1.92 bits per heavy atom. The van der Waals surface area contributed by atoms with Gasteiger partial charge in [0.15, 0.2) is 5.82 Å². The Morgan fingerprint density at radius 3 is 2.67 bits per heavy atom. The van der Waals surface area contributed by atoms with Crippen LogP contribution in [0.5, 0.6) is 0 Å². The number of nitrogens with one attached hydrogen (secondary N) is 2. The van der Waals surface area contributed by atoms with Crippen molar-refractivity contribution in [3.8, 4) is 11.5 Å². The number of aromatic amines is 1. The lowest BCUT2D eigenvalue weighted by atomic mass is 9.71. The molecular weight excluding hydrogens is 302 g/mol. The molecule has 2 aromatic heterocycles. The lowest BCUT2D eigenvalue weighted by Crippen LogP contribution is -2.33. The maximum absolute atomic E-state index is 12.3. The molecule has 4 rings (SSSR count). The summed E-state index contributed by atoms with van der Waals surface area (Å²) in [7, 11) is 0. The number of hydrogen-bond acceptors (Lipinski definition) is 4. The molecule has 2 heterocycles. The van der Waals surface area contributed by atoms with E-state index in [1.807, 2.05) is 36.4 Å². The first-order chi connectivity index (χ1) is 11.8. The molecule has 0 spiro atoms. The van der Waals surface area contributed by atoms with Crippen LogP contribution in [0.4, 0.5) is 5.95 Å². The fourth-order valence-electron chi connectivity index (χ4n) is 2.98. The first kappa shape index (κ1) is 14.6. The number of amides is 1. The monoisotopic (exact) mass is 323 g/mol. The first-order valence-corrected chi connectivity index (χ1v) is 7.99. The average Bonchev–Trinajstić information content (AvgIpc) is 3.04. The number of H-pyrrole nitrogens is 1. The number of benzene rings is 1. The molecule has 1 saturated carbocycles. The van der Waals surface area contributed by atoms with Gasteiger partial charge in [-0.05, 0) is 36.5 Å². The van der Waals surface area contributed by atoms with Crippen molar-refractivity contribution in [1.82, 2.24) is 20.2 Å². The molecule has 24 heavy (non-hydrogen) atoms. The molecule has 124 valence electrons. The van der Waals surface area contributed by atoms with Crippen molar-refractivity contribution in [1.29, 1.82) is 0 Å². The predicted molar refractivity (Wildman–Crippen MR) is 94.4 cm³/mol. The van der Waals surface area contributed by atoms with E-state index >= 15 is 0 Å².